The molecule has 0 unspecified atom stereocenters. The van der Waals surface area contributed by atoms with Gasteiger partial charge >= 0.3 is 5.97 Å². The van der Waals surface area contributed by atoms with Gasteiger partial charge in [-0.1, -0.05) is 36.6 Å². The molecule has 2 aliphatic rings. The van der Waals surface area contributed by atoms with Crippen molar-refractivity contribution < 1.29 is 19.5 Å². The normalized spacial score (nSPS) is 16.9. The number of halogens is 1. The van der Waals surface area contributed by atoms with Gasteiger partial charge in [0, 0.05) is 37.8 Å². The van der Waals surface area contributed by atoms with Gasteiger partial charge in [-0.25, -0.2) is 4.79 Å². The van der Waals surface area contributed by atoms with Gasteiger partial charge in [0.1, 0.15) is 0 Å². The van der Waals surface area contributed by atoms with Crippen molar-refractivity contribution in [3.05, 3.63) is 53.1 Å². The fourth-order valence-electron chi connectivity index (χ4n) is 4.56. The average Bonchev–Trinajstić information content (AvgIpc) is 3.36. The molecule has 1 saturated heterocycles. The van der Waals surface area contributed by atoms with Gasteiger partial charge in [-0.2, -0.15) is 0 Å². The number of nitrogens with one attached hydrogen (secondary N) is 2. The SMILES string of the molecule is O=C(CN1CCN(c2ccc(NC(=O)C3CCCC3)c(C(=O)O)c2)CC1)Nc1ccccc1Cl. The van der Waals surface area contributed by atoms with Gasteiger partial charge in [-0.05, 0) is 43.2 Å². The lowest BCUT2D eigenvalue weighted by Crippen LogP contribution is -2.48. The zero-order chi connectivity index (χ0) is 24.1. The van der Waals surface area contributed by atoms with Gasteiger partial charge < -0.3 is 20.6 Å². The number of carboxylic acids is 1. The molecule has 2 aromatic carbocycles. The van der Waals surface area contributed by atoms with Crippen molar-refractivity contribution in [2.24, 2.45) is 5.92 Å². The number of carbonyl (C=O) groups is 3. The number of aromatic carboxylic acids is 1. The van der Waals surface area contributed by atoms with Crippen LogP contribution in [0.5, 0.6) is 0 Å². The molecule has 2 amide bonds. The lowest BCUT2D eigenvalue weighted by atomic mass is 10.1. The van der Waals surface area contributed by atoms with Crippen LogP contribution in [0.3, 0.4) is 0 Å². The van der Waals surface area contributed by atoms with E-state index in [9.17, 15) is 19.5 Å². The Morgan fingerprint density at radius 2 is 1.65 bits per heavy atom. The molecule has 0 spiro atoms. The van der Waals surface area contributed by atoms with Crippen molar-refractivity contribution in [3.63, 3.8) is 0 Å². The number of anilines is 3. The molecule has 2 fully saturated rings. The third-order valence-corrected chi connectivity index (χ3v) is 6.80. The van der Waals surface area contributed by atoms with Crippen molar-refractivity contribution in [3.8, 4) is 0 Å². The van der Waals surface area contributed by atoms with Crippen LogP contribution < -0.4 is 15.5 Å². The molecule has 0 bridgehead atoms. The van der Waals surface area contributed by atoms with Crippen LogP contribution in [-0.4, -0.2) is 60.5 Å². The average molecular weight is 485 g/mol. The van der Waals surface area contributed by atoms with Crippen LogP contribution in [0.25, 0.3) is 0 Å². The highest BCUT2D eigenvalue weighted by Crippen LogP contribution is 2.29. The van der Waals surface area contributed by atoms with E-state index in [4.69, 9.17) is 11.6 Å². The summed E-state index contributed by atoms with van der Waals surface area (Å²) in [6.45, 7) is 2.90. The molecule has 1 aliphatic carbocycles. The fourth-order valence-corrected chi connectivity index (χ4v) is 4.74. The van der Waals surface area contributed by atoms with Crippen LogP contribution in [0, 0.1) is 5.92 Å². The zero-order valence-electron chi connectivity index (χ0n) is 18.9. The number of piperazine rings is 1. The molecule has 0 radical (unpaired) electrons. The summed E-state index contributed by atoms with van der Waals surface area (Å²) in [6, 6.07) is 12.3. The Morgan fingerprint density at radius 3 is 2.32 bits per heavy atom. The number of amides is 2. The third-order valence-electron chi connectivity index (χ3n) is 6.47. The first kappa shape index (κ1) is 24.0. The Morgan fingerprint density at radius 1 is 0.941 bits per heavy atom. The molecule has 4 rings (SSSR count). The summed E-state index contributed by atoms with van der Waals surface area (Å²) >= 11 is 6.10. The molecule has 2 aromatic rings. The van der Waals surface area contributed by atoms with Crippen molar-refractivity contribution in [1.82, 2.24) is 4.90 Å². The molecular formula is C25H29ClN4O4. The predicted octanol–water partition coefficient (Wildman–Crippen LogP) is 3.93. The highest BCUT2D eigenvalue weighted by atomic mass is 35.5. The minimum absolute atomic E-state index is 0.0375. The van der Waals surface area contributed by atoms with Gasteiger partial charge in [-0.3, -0.25) is 14.5 Å². The summed E-state index contributed by atoms with van der Waals surface area (Å²) < 4.78 is 0. The van der Waals surface area contributed by atoms with Crippen molar-refractivity contribution in [2.45, 2.75) is 25.7 Å². The second-order valence-corrected chi connectivity index (χ2v) is 9.20. The number of benzene rings is 2. The fraction of sp³-hybridized carbons (Fsp3) is 0.400. The summed E-state index contributed by atoms with van der Waals surface area (Å²) in [6.07, 6.45) is 3.78. The second-order valence-electron chi connectivity index (χ2n) is 8.80. The number of carbonyl (C=O) groups excluding carboxylic acids is 2. The first-order chi connectivity index (χ1) is 16.4. The topological polar surface area (TPSA) is 102 Å². The van der Waals surface area contributed by atoms with Crippen molar-refractivity contribution >= 4 is 46.4 Å². The van der Waals surface area contributed by atoms with Crippen LogP contribution in [0.2, 0.25) is 5.02 Å². The molecule has 0 atom stereocenters. The maximum Gasteiger partial charge on any atom is 0.337 e. The largest absolute Gasteiger partial charge is 0.478 e. The number of rotatable bonds is 7. The summed E-state index contributed by atoms with van der Waals surface area (Å²) in [5.41, 5.74) is 1.80. The minimum atomic E-state index is -1.07. The van der Waals surface area contributed by atoms with Crippen LogP contribution in [0.1, 0.15) is 36.0 Å². The number of hydrogen-bond acceptors (Lipinski definition) is 5. The maximum atomic E-state index is 12.5. The van der Waals surface area contributed by atoms with Crippen LogP contribution in [0.4, 0.5) is 17.1 Å². The molecule has 180 valence electrons. The standard InChI is InChI=1S/C25H29ClN4O4/c26-20-7-3-4-8-22(20)27-23(31)16-29-11-13-30(14-12-29)18-9-10-21(19(15-18)25(33)34)28-24(32)17-5-1-2-6-17/h3-4,7-10,15,17H,1-2,5-6,11-14,16H2,(H,27,31)(H,28,32)(H,33,34). The lowest BCUT2D eigenvalue weighted by Gasteiger charge is -2.36. The Bertz CT molecular complexity index is 1060. The van der Waals surface area contributed by atoms with E-state index < -0.39 is 5.97 Å². The molecule has 9 heteroatoms. The molecule has 3 N–H and O–H groups in total. The zero-order valence-corrected chi connectivity index (χ0v) is 19.7. The molecule has 8 nitrogen and oxygen atoms in total. The summed E-state index contributed by atoms with van der Waals surface area (Å²) in [4.78, 5) is 40.9. The quantitative estimate of drug-likeness (QED) is 0.550. The monoisotopic (exact) mass is 484 g/mol. The number of carboxylic acid groups (broad SMARTS) is 1. The van der Waals surface area contributed by atoms with Gasteiger partial charge in [-0.15, -0.1) is 0 Å². The third kappa shape index (κ3) is 5.87. The van der Waals surface area contributed by atoms with Crippen LogP contribution >= 0.6 is 11.6 Å². The molecule has 1 saturated carbocycles. The van der Waals surface area contributed by atoms with Gasteiger partial charge in [0.05, 0.1) is 28.5 Å². The number of nitrogens with zero attached hydrogens (tertiary/aromatic N) is 2. The van der Waals surface area contributed by atoms with E-state index in [2.05, 4.69) is 20.4 Å². The Hall–Kier alpha value is -3.10. The van der Waals surface area contributed by atoms with E-state index in [1.807, 2.05) is 18.2 Å². The smallest absolute Gasteiger partial charge is 0.337 e. The second kappa shape index (κ2) is 10.9. The van der Waals surface area contributed by atoms with E-state index in [1.54, 1.807) is 24.3 Å². The van der Waals surface area contributed by atoms with E-state index in [1.165, 1.54) is 0 Å². The number of hydrogen-bond donors (Lipinski definition) is 3. The van der Waals surface area contributed by atoms with Crippen molar-refractivity contribution in [1.29, 1.82) is 0 Å². The van der Waals surface area contributed by atoms with Gasteiger partial charge in [0.2, 0.25) is 11.8 Å². The first-order valence-electron chi connectivity index (χ1n) is 11.6. The van der Waals surface area contributed by atoms with Gasteiger partial charge in [0.25, 0.3) is 0 Å². The molecule has 1 aliphatic heterocycles. The minimum Gasteiger partial charge on any atom is -0.478 e. The van der Waals surface area contributed by atoms with Crippen LogP contribution in [0.15, 0.2) is 42.5 Å². The Balaban J connectivity index is 1.34. The molecule has 34 heavy (non-hydrogen) atoms. The predicted molar refractivity (Wildman–Crippen MR) is 133 cm³/mol. The Kier molecular flexibility index (Phi) is 7.70. The van der Waals surface area contributed by atoms with Crippen molar-refractivity contribution in [2.75, 3.05) is 48.3 Å². The molecule has 1 heterocycles. The van der Waals surface area contributed by atoms with Crippen LogP contribution in [-0.2, 0) is 9.59 Å². The number of para-hydroxylation sites is 1. The lowest BCUT2D eigenvalue weighted by molar-refractivity contribution is -0.119. The van der Waals surface area contributed by atoms with E-state index in [0.29, 0.717) is 42.6 Å². The van der Waals surface area contributed by atoms with E-state index >= 15 is 0 Å². The summed E-state index contributed by atoms with van der Waals surface area (Å²) in [7, 11) is 0. The van der Waals surface area contributed by atoms with E-state index in [0.717, 1.165) is 31.4 Å². The molecule has 0 aromatic heterocycles. The Labute approximate surface area is 203 Å². The highest BCUT2D eigenvalue weighted by molar-refractivity contribution is 6.33. The first-order valence-corrected chi connectivity index (χ1v) is 12.0. The molecular weight excluding hydrogens is 456 g/mol. The summed E-state index contributed by atoms with van der Waals surface area (Å²) in [5, 5.41) is 15.9. The van der Waals surface area contributed by atoms with Gasteiger partial charge in [0.15, 0.2) is 0 Å². The maximum absolute atomic E-state index is 12.5. The highest BCUT2D eigenvalue weighted by Gasteiger charge is 2.25. The summed E-state index contributed by atoms with van der Waals surface area (Å²) in [5.74, 6) is -1.34. The van der Waals surface area contributed by atoms with E-state index in [-0.39, 0.29) is 29.8 Å².